The smallest absolute Gasteiger partial charge is 0.338 e. The Hall–Kier alpha value is -4.09. The monoisotopic (exact) mass is 459 g/mol. The van der Waals surface area contributed by atoms with Gasteiger partial charge in [0, 0.05) is 23.0 Å². The van der Waals surface area contributed by atoms with Crippen molar-refractivity contribution in [2.75, 3.05) is 17.6 Å². The van der Waals surface area contributed by atoms with Crippen LogP contribution in [0.1, 0.15) is 22.8 Å². The SMILES string of the molecule is CCOC(=O)c1ccc(-n2cc(C#N)c3cc(-c4ccc(NS(C)(=O)=O)cc4)ccc32)cc1. The average Bonchev–Trinajstić information content (AvgIpc) is 3.17. The van der Waals surface area contributed by atoms with Crippen LogP contribution in [0.3, 0.4) is 0 Å². The number of sulfonamides is 1. The van der Waals surface area contributed by atoms with Gasteiger partial charge >= 0.3 is 5.97 Å². The summed E-state index contributed by atoms with van der Waals surface area (Å²) in [7, 11) is -3.34. The molecule has 4 rings (SSSR count). The van der Waals surface area contributed by atoms with E-state index in [0.717, 1.165) is 34.0 Å². The number of carbonyl (C=O) groups is 1. The molecule has 0 aliphatic heterocycles. The third kappa shape index (κ3) is 4.73. The first kappa shape index (κ1) is 22.1. The van der Waals surface area contributed by atoms with Crippen molar-refractivity contribution in [3.63, 3.8) is 0 Å². The maximum absolute atomic E-state index is 11.9. The molecule has 1 N–H and O–H groups in total. The van der Waals surface area contributed by atoms with E-state index in [1.54, 1.807) is 37.4 Å². The predicted octanol–water partition coefficient (Wildman–Crippen LogP) is 4.72. The molecule has 0 fully saturated rings. The van der Waals surface area contributed by atoms with Crippen LogP contribution in [-0.4, -0.2) is 31.8 Å². The third-order valence-corrected chi connectivity index (χ3v) is 5.71. The highest BCUT2D eigenvalue weighted by Crippen LogP contribution is 2.30. The summed E-state index contributed by atoms with van der Waals surface area (Å²) < 4.78 is 32.2. The lowest BCUT2D eigenvalue weighted by Gasteiger charge is -2.09. The van der Waals surface area contributed by atoms with Crippen LogP contribution in [0.2, 0.25) is 0 Å². The summed E-state index contributed by atoms with van der Waals surface area (Å²) in [5.41, 5.74) is 4.95. The van der Waals surface area contributed by atoms with Crippen molar-refractivity contribution < 1.29 is 17.9 Å². The summed E-state index contributed by atoms with van der Waals surface area (Å²) in [4.78, 5) is 11.9. The number of carbonyl (C=O) groups excluding carboxylic acids is 1. The van der Waals surface area contributed by atoms with E-state index in [-0.39, 0.29) is 5.97 Å². The summed E-state index contributed by atoms with van der Waals surface area (Å²) in [6, 6.07) is 22.1. The van der Waals surface area contributed by atoms with Crippen molar-refractivity contribution in [3.05, 3.63) is 84.1 Å². The van der Waals surface area contributed by atoms with Crippen molar-refractivity contribution >= 4 is 32.6 Å². The number of nitriles is 1. The van der Waals surface area contributed by atoms with E-state index in [2.05, 4.69) is 10.8 Å². The second-order valence-electron chi connectivity index (χ2n) is 7.48. The molecule has 0 spiro atoms. The normalized spacial score (nSPS) is 11.2. The van der Waals surface area contributed by atoms with E-state index in [1.807, 2.05) is 47.0 Å². The van der Waals surface area contributed by atoms with Crippen LogP contribution in [0.25, 0.3) is 27.7 Å². The molecule has 0 unspecified atom stereocenters. The van der Waals surface area contributed by atoms with Gasteiger partial charge in [-0.2, -0.15) is 5.26 Å². The van der Waals surface area contributed by atoms with Crippen molar-refractivity contribution in [1.29, 1.82) is 5.26 Å². The summed E-state index contributed by atoms with van der Waals surface area (Å²) in [5.74, 6) is -0.374. The van der Waals surface area contributed by atoms with Crippen LogP contribution in [0.5, 0.6) is 0 Å². The van der Waals surface area contributed by atoms with E-state index < -0.39 is 10.0 Å². The molecule has 0 aliphatic rings. The summed E-state index contributed by atoms with van der Waals surface area (Å²) in [6.45, 7) is 2.07. The lowest BCUT2D eigenvalue weighted by molar-refractivity contribution is 0.0526. The molecule has 1 aromatic heterocycles. The van der Waals surface area contributed by atoms with Crippen LogP contribution in [-0.2, 0) is 14.8 Å². The van der Waals surface area contributed by atoms with Crippen LogP contribution in [0.15, 0.2) is 72.9 Å². The zero-order chi connectivity index (χ0) is 23.6. The standard InChI is InChI=1S/C25H21N3O4S/c1-3-32-25(29)18-6-11-22(12-7-18)28-16-20(15-26)23-14-19(8-13-24(23)28)17-4-9-21(10-5-17)27-33(2,30)31/h4-14,16,27H,3H2,1-2H3. The van der Waals surface area contributed by atoms with Crippen molar-refractivity contribution in [2.24, 2.45) is 0 Å². The zero-order valence-corrected chi connectivity index (χ0v) is 18.9. The number of hydrogen-bond acceptors (Lipinski definition) is 5. The Morgan fingerprint density at radius 3 is 2.30 bits per heavy atom. The van der Waals surface area contributed by atoms with Gasteiger partial charge in [0.15, 0.2) is 0 Å². The maximum atomic E-state index is 11.9. The molecule has 7 nitrogen and oxygen atoms in total. The fraction of sp³-hybridized carbons (Fsp3) is 0.120. The van der Waals surface area contributed by atoms with Gasteiger partial charge in [0.2, 0.25) is 10.0 Å². The molecule has 0 saturated heterocycles. The number of fused-ring (bicyclic) bond motifs is 1. The van der Waals surface area contributed by atoms with Gasteiger partial charge in [0.25, 0.3) is 0 Å². The number of ether oxygens (including phenoxy) is 1. The van der Waals surface area contributed by atoms with E-state index in [9.17, 15) is 18.5 Å². The molecule has 3 aromatic carbocycles. The van der Waals surface area contributed by atoms with Crippen LogP contribution in [0, 0.1) is 11.3 Å². The number of hydrogen-bond donors (Lipinski definition) is 1. The minimum absolute atomic E-state index is 0.313. The third-order valence-electron chi connectivity index (χ3n) is 5.10. The molecule has 8 heteroatoms. The number of nitrogens with one attached hydrogen (secondary N) is 1. The molecule has 0 aliphatic carbocycles. The summed E-state index contributed by atoms with van der Waals surface area (Å²) >= 11 is 0. The molecule has 1 heterocycles. The van der Waals surface area contributed by atoms with Crippen molar-refractivity contribution in [2.45, 2.75) is 6.92 Å². The number of benzene rings is 3. The first-order chi connectivity index (χ1) is 15.8. The Labute approximate surface area is 191 Å². The number of esters is 1. The first-order valence-electron chi connectivity index (χ1n) is 10.2. The topological polar surface area (TPSA) is 101 Å². The zero-order valence-electron chi connectivity index (χ0n) is 18.1. The summed E-state index contributed by atoms with van der Waals surface area (Å²) in [6.07, 6.45) is 2.88. The fourth-order valence-corrected chi connectivity index (χ4v) is 4.19. The molecule has 0 saturated carbocycles. The Morgan fingerprint density at radius 2 is 1.70 bits per heavy atom. The average molecular weight is 460 g/mol. The van der Waals surface area contributed by atoms with Gasteiger partial charge in [-0.15, -0.1) is 0 Å². The Kier molecular flexibility index (Phi) is 5.90. The molecule has 0 bridgehead atoms. The lowest BCUT2D eigenvalue weighted by Crippen LogP contribution is -2.09. The van der Waals surface area contributed by atoms with Gasteiger partial charge in [-0.3, -0.25) is 4.72 Å². The molecular formula is C25H21N3O4S. The minimum atomic E-state index is -3.34. The second-order valence-corrected chi connectivity index (χ2v) is 9.22. The van der Waals surface area contributed by atoms with Gasteiger partial charge in [0.1, 0.15) is 6.07 Å². The van der Waals surface area contributed by atoms with E-state index in [1.165, 1.54) is 0 Å². The molecule has 0 amide bonds. The van der Waals surface area contributed by atoms with Gasteiger partial charge < -0.3 is 9.30 Å². The molecule has 0 atom stereocenters. The van der Waals surface area contributed by atoms with Gasteiger partial charge in [0.05, 0.1) is 29.5 Å². The minimum Gasteiger partial charge on any atom is -0.462 e. The lowest BCUT2D eigenvalue weighted by atomic mass is 10.0. The fourth-order valence-electron chi connectivity index (χ4n) is 3.63. The van der Waals surface area contributed by atoms with Gasteiger partial charge in [-0.1, -0.05) is 18.2 Å². The Morgan fingerprint density at radius 1 is 1.03 bits per heavy atom. The largest absolute Gasteiger partial charge is 0.462 e. The number of anilines is 1. The predicted molar refractivity (Wildman–Crippen MR) is 128 cm³/mol. The van der Waals surface area contributed by atoms with Crippen LogP contribution < -0.4 is 4.72 Å². The van der Waals surface area contributed by atoms with Crippen molar-refractivity contribution in [1.82, 2.24) is 4.57 Å². The maximum Gasteiger partial charge on any atom is 0.338 e. The molecule has 4 aromatic rings. The molecular weight excluding hydrogens is 438 g/mol. The number of nitrogens with zero attached hydrogens (tertiary/aromatic N) is 2. The van der Waals surface area contributed by atoms with E-state index in [0.29, 0.717) is 23.4 Å². The number of aromatic nitrogens is 1. The quantitative estimate of drug-likeness (QED) is 0.421. The molecule has 0 radical (unpaired) electrons. The highest BCUT2D eigenvalue weighted by Gasteiger charge is 2.13. The molecule has 33 heavy (non-hydrogen) atoms. The first-order valence-corrected chi connectivity index (χ1v) is 12.1. The second kappa shape index (κ2) is 8.81. The van der Waals surface area contributed by atoms with E-state index >= 15 is 0 Å². The summed E-state index contributed by atoms with van der Waals surface area (Å²) in [5, 5.41) is 10.5. The van der Waals surface area contributed by atoms with Gasteiger partial charge in [-0.25, -0.2) is 13.2 Å². The Balaban J connectivity index is 1.70. The van der Waals surface area contributed by atoms with Gasteiger partial charge in [-0.05, 0) is 66.6 Å². The van der Waals surface area contributed by atoms with Crippen LogP contribution in [0.4, 0.5) is 5.69 Å². The highest BCUT2D eigenvalue weighted by atomic mass is 32.2. The molecule has 166 valence electrons. The van der Waals surface area contributed by atoms with Crippen LogP contribution >= 0.6 is 0 Å². The Bertz CT molecular complexity index is 1480. The van der Waals surface area contributed by atoms with E-state index in [4.69, 9.17) is 4.74 Å². The number of rotatable bonds is 6. The highest BCUT2D eigenvalue weighted by molar-refractivity contribution is 7.92. The van der Waals surface area contributed by atoms with Crippen molar-refractivity contribution in [3.8, 4) is 22.9 Å².